The van der Waals surface area contributed by atoms with Gasteiger partial charge in [0, 0.05) is 18.5 Å². The Morgan fingerprint density at radius 2 is 2.09 bits per heavy atom. The van der Waals surface area contributed by atoms with Crippen molar-refractivity contribution in [1.82, 2.24) is 9.55 Å². The van der Waals surface area contributed by atoms with Gasteiger partial charge in [-0.25, -0.2) is 9.78 Å². The number of rotatable bonds is 3. The molecule has 1 unspecified atom stereocenters. The standard InChI is InChI=1S/C17H18N2O4/c1-10-5-3-4-6-12(10)15-18-14(16(20)21)13-9-11(17(22)23-2)7-8-19(13)15/h3-6,11H,7-9H2,1-2H3,(H,20,21). The Labute approximate surface area is 133 Å². The molecule has 1 aliphatic heterocycles. The van der Waals surface area contributed by atoms with Crippen molar-refractivity contribution in [2.24, 2.45) is 5.92 Å². The van der Waals surface area contributed by atoms with Crippen molar-refractivity contribution in [3.8, 4) is 11.4 Å². The van der Waals surface area contributed by atoms with Crippen LogP contribution >= 0.6 is 0 Å². The lowest BCUT2D eigenvalue weighted by molar-refractivity contribution is -0.146. The summed E-state index contributed by atoms with van der Waals surface area (Å²) in [6, 6.07) is 7.75. The Hall–Kier alpha value is -2.63. The quantitative estimate of drug-likeness (QED) is 0.879. The van der Waals surface area contributed by atoms with Crippen molar-refractivity contribution in [3.63, 3.8) is 0 Å². The van der Waals surface area contributed by atoms with Crippen molar-refractivity contribution in [2.75, 3.05) is 7.11 Å². The average molecular weight is 314 g/mol. The van der Waals surface area contributed by atoms with E-state index in [1.165, 1.54) is 7.11 Å². The lowest BCUT2D eigenvalue weighted by atomic mass is 9.95. The molecule has 1 aromatic heterocycles. The largest absolute Gasteiger partial charge is 0.476 e. The van der Waals surface area contributed by atoms with E-state index in [0.29, 0.717) is 30.9 Å². The van der Waals surface area contributed by atoms with Gasteiger partial charge in [0.25, 0.3) is 0 Å². The number of aromatic carboxylic acids is 1. The number of nitrogens with zero attached hydrogens (tertiary/aromatic N) is 2. The normalized spacial score (nSPS) is 16.7. The molecule has 2 aromatic rings. The number of fused-ring (bicyclic) bond motifs is 1. The second-order valence-corrected chi connectivity index (χ2v) is 5.72. The monoisotopic (exact) mass is 314 g/mol. The van der Waals surface area contributed by atoms with Crippen LogP contribution in [0.5, 0.6) is 0 Å². The first-order valence-corrected chi connectivity index (χ1v) is 7.49. The Morgan fingerprint density at radius 1 is 1.35 bits per heavy atom. The number of carbonyl (C=O) groups excluding carboxylic acids is 1. The summed E-state index contributed by atoms with van der Waals surface area (Å²) in [7, 11) is 1.35. The summed E-state index contributed by atoms with van der Waals surface area (Å²) < 4.78 is 6.72. The Kier molecular flexibility index (Phi) is 3.90. The number of imidazole rings is 1. The zero-order chi connectivity index (χ0) is 16.6. The van der Waals surface area contributed by atoms with Crippen LogP contribution in [-0.2, 0) is 22.5 Å². The molecule has 23 heavy (non-hydrogen) atoms. The van der Waals surface area contributed by atoms with Crippen LogP contribution in [-0.4, -0.2) is 33.7 Å². The van der Waals surface area contributed by atoms with Crippen molar-refractivity contribution in [3.05, 3.63) is 41.2 Å². The van der Waals surface area contributed by atoms with Gasteiger partial charge in [0.2, 0.25) is 0 Å². The third kappa shape index (κ3) is 2.60. The third-order valence-electron chi connectivity index (χ3n) is 4.34. The number of ether oxygens (including phenoxy) is 1. The van der Waals surface area contributed by atoms with Crippen LogP contribution in [0.15, 0.2) is 24.3 Å². The van der Waals surface area contributed by atoms with Crippen molar-refractivity contribution in [1.29, 1.82) is 0 Å². The molecule has 0 saturated carbocycles. The highest BCUT2D eigenvalue weighted by atomic mass is 16.5. The summed E-state index contributed by atoms with van der Waals surface area (Å²) in [5, 5.41) is 9.46. The molecule has 0 amide bonds. The van der Waals surface area contributed by atoms with E-state index < -0.39 is 5.97 Å². The van der Waals surface area contributed by atoms with E-state index in [1.54, 1.807) is 0 Å². The fourth-order valence-corrected chi connectivity index (χ4v) is 3.12. The fourth-order valence-electron chi connectivity index (χ4n) is 3.12. The number of hydrogen-bond acceptors (Lipinski definition) is 4. The zero-order valence-electron chi connectivity index (χ0n) is 13.1. The number of esters is 1. The Balaban J connectivity index is 2.11. The van der Waals surface area contributed by atoms with Crippen molar-refractivity contribution < 1.29 is 19.4 Å². The molecule has 6 heteroatoms. The summed E-state index contributed by atoms with van der Waals surface area (Å²) in [4.78, 5) is 27.7. The SMILES string of the molecule is COC(=O)C1CCn2c(-c3ccccc3C)nc(C(=O)O)c2C1. The molecule has 2 heterocycles. The highest BCUT2D eigenvalue weighted by Crippen LogP contribution is 2.31. The predicted molar refractivity (Wildman–Crippen MR) is 83.2 cm³/mol. The van der Waals surface area contributed by atoms with Gasteiger partial charge in [0.15, 0.2) is 5.69 Å². The van der Waals surface area contributed by atoms with E-state index in [-0.39, 0.29) is 17.6 Å². The molecule has 0 saturated heterocycles. The molecule has 1 aromatic carbocycles. The lowest BCUT2D eigenvalue weighted by Crippen LogP contribution is -2.27. The van der Waals surface area contributed by atoms with Crippen LogP contribution in [0.2, 0.25) is 0 Å². The van der Waals surface area contributed by atoms with E-state index in [1.807, 2.05) is 35.8 Å². The maximum atomic E-state index is 11.8. The number of carbonyl (C=O) groups is 2. The molecule has 1 atom stereocenters. The lowest BCUT2D eigenvalue weighted by Gasteiger charge is -2.23. The highest BCUT2D eigenvalue weighted by molar-refractivity contribution is 5.88. The first-order valence-electron chi connectivity index (χ1n) is 7.49. The number of aryl methyl sites for hydroxylation is 1. The van der Waals surface area contributed by atoms with Gasteiger partial charge in [0.1, 0.15) is 5.82 Å². The van der Waals surface area contributed by atoms with Gasteiger partial charge in [-0.15, -0.1) is 0 Å². The van der Waals surface area contributed by atoms with Gasteiger partial charge >= 0.3 is 11.9 Å². The van der Waals surface area contributed by atoms with Gasteiger partial charge in [-0.05, 0) is 18.9 Å². The highest BCUT2D eigenvalue weighted by Gasteiger charge is 2.32. The molecule has 0 aliphatic carbocycles. The van der Waals surface area contributed by atoms with Crippen LogP contribution in [0.3, 0.4) is 0 Å². The van der Waals surface area contributed by atoms with Gasteiger partial charge in [0.05, 0.1) is 18.7 Å². The van der Waals surface area contributed by atoms with Gasteiger partial charge < -0.3 is 14.4 Å². The summed E-state index contributed by atoms with van der Waals surface area (Å²) in [6.07, 6.45) is 0.959. The molecule has 1 aliphatic rings. The second-order valence-electron chi connectivity index (χ2n) is 5.72. The molecule has 1 N–H and O–H groups in total. The zero-order valence-corrected chi connectivity index (χ0v) is 13.1. The molecular weight excluding hydrogens is 296 g/mol. The number of hydrogen-bond donors (Lipinski definition) is 1. The summed E-state index contributed by atoms with van der Waals surface area (Å²) in [6.45, 7) is 2.52. The summed E-state index contributed by atoms with van der Waals surface area (Å²) in [5.41, 5.74) is 2.57. The summed E-state index contributed by atoms with van der Waals surface area (Å²) >= 11 is 0. The van der Waals surface area contributed by atoms with Crippen LogP contribution in [0.4, 0.5) is 0 Å². The topological polar surface area (TPSA) is 81.4 Å². The van der Waals surface area contributed by atoms with Crippen molar-refractivity contribution in [2.45, 2.75) is 26.3 Å². The number of benzene rings is 1. The molecular formula is C17H18N2O4. The number of carboxylic acid groups (broad SMARTS) is 1. The first-order chi connectivity index (χ1) is 11.0. The first kappa shape index (κ1) is 15.3. The third-order valence-corrected chi connectivity index (χ3v) is 4.34. The molecule has 0 bridgehead atoms. The van der Waals surface area contributed by atoms with Crippen LogP contribution in [0.1, 0.15) is 28.2 Å². The smallest absolute Gasteiger partial charge is 0.356 e. The van der Waals surface area contributed by atoms with Gasteiger partial charge in [-0.1, -0.05) is 24.3 Å². The minimum absolute atomic E-state index is 0.0249. The summed E-state index contributed by atoms with van der Waals surface area (Å²) in [5.74, 6) is -1.03. The van der Waals surface area contributed by atoms with Crippen LogP contribution in [0, 0.1) is 12.8 Å². The minimum atomic E-state index is -1.07. The number of aromatic nitrogens is 2. The molecule has 3 rings (SSSR count). The van der Waals surface area contributed by atoms with Gasteiger partial charge in [-0.2, -0.15) is 0 Å². The molecule has 6 nitrogen and oxygen atoms in total. The predicted octanol–water partition coefficient (Wildman–Crippen LogP) is 2.29. The average Bonchev–Trinajstić information content (AvgIpc) is 2.93. The fraction of sp³-hybridized carbons (Fsp3) is 0.353. The van der Waals surface area contributed by atoms with E-state index in [2.05, 4.69) is 4.98 Å². The maximum absolute atomic E-state index is 11.8. The van der Waals surface area contributed by atoms with Crippen LogP contribution < -0.4 is 0 Å². The molecule has 0 radical (unpaired) electrons. The minimum Gasteiger partial charge on any atom is -0.476 e. The number of carboxylic acids is 1. The maximum Gasteiger partial charge on any atom is 0.356 e. The Bertz CT molecular complexity index is 779. The molecule has 0 spiro atoms. The Morgan fingerprint density at radius 3 is 2.74 bits per heavy atom. The van der Waals surface area contributed by atoms with E-state index in [4.69, 9.17) is 4.74 Å². The second kappa shape index (κ2) is 5.87. The van der Waals surface area contributed by atoms with Gasteiger partial charge in [-0.3, -0.25) is 4.79 Å². The van der Waals surface area contributed by atoms with E-state index in [9.17, 15) is 14.7 Å². The van der Waals surface area contributed by atoms with Crippen molar-refractivity contribution >= 4 is 11.9 Å². The number of methoxy groups -OCH3 is 1. The van der Waals surface area contributed by atoms with E-state index in [0.717, 1.165) is 11.1 Å². The molecule has 120 valence electrons. The molecule has 0 fully saturated rings. The van der Waals surface area contributed by atoms with E-state index >= 15 is 0 Å². The van der Waals surface area contributed by atoms with Crippen LogP contribution in [0.25, 0.3) is 11.4 Å².